The van der Waals surface area contributed by atoms with Crippen molar-refractivity contribution < 1.29 is 4.74 Å². The lowest BCUT2D eigenvalue weighted by Crippen LogP contribution is -2.36. The maximum atomic E-state index is 6.25. The van der Waals surface area contributed by atoms with E-state index in [1.807, 2.05) is 24.3 Å². The van der Waals surface area contributed by atoms with Crippen molar-refractivity contribution in [3.05, 3.63) is 48.4 Å². The molecular formula is C22H25N9O. The summed E-state index contributed by atoms with van der Waals surface area (Å²) in [5.41, 5.74) is 17.4. The van der Waals surface area contributed by atoms with Gasteiger partial charge in [-0.05, 0) is 42.9 Å². The van der Waals surface area contributed by atoms with Gasteiger partial charge in [0.1, 0.15) is 17.0 Å². The lowest BCUT2D eigenvalue weighted by Gasteiger charge is -2.28. The van der Waals surface area contributed by atoms with Gasteiger partial charge in [0.15, 0.2) is 5.65 Å². The van der Waals surface area contributed by atoms with Crippen LogP contribution >= 0.6 is 0 Å². The Balaban J connectivity index is 1.44. The minimum absolute atomic E-state index is 0.395. The maximum Gasteiger partial charge on any atom is 0.229 e. The number of nitrogen functional groups attached to an aromatic ring is 1. The van der Waals surface area contributed by atoms with Crippen LogP contribution < -0.4 is 21.7 Å². The van der Waals surface area contributed by atoms with Crippen LogP contribution in [-0.4, -0.2) is 57.8 Å². The van der Waals surface area contributed by atoms with Crippen molar-refractivity contribution in [1.29, 1.82) is 0 Å². The highest BCUT2D eigenvalue weighted by molar-refractivity contribution is 5.91. The number of morpholine rings is 1. The first-order valence-electron chi connectivity index (χ1n) is 10.6. The molecule has 6 N–H and O–H groups in total. The largest absolute Gasteiger partial charge is 0.383 e. The molecule has 1 aliphatic heterocycles. The summed E-state index contributed by atoms with van der Waals surface area (Å²) in [6.45, 7) is 3.82. The first-order chi connectivity index (χ1) is 15.7. The van der Waals surface area contributed by atoms with E-state index in [4.69, 9.17) is 21.2 Å². The molecule has 3 aromatic heterocycles. The van der Waals surface area contributed by atoms with Crippen LogP contribution in [0.4, 0.5) is 23.1 Å². The van der Waals surface area contributed by atoms with Crippen LogP contribution in [0.5, 0.6) is 0 Å². The number of nitrogens with zero attached hydrogens (tertiary/aromatic N) is 5. The minimum Gasteiger partial charge on any atom is -0.383 e. The second-order valence-electron chi connectivity index (χ2n) is 7.54. The number of hydrogen-bond acceptors (Lipinski definition) is 9. The standard InChI is InChI=1S/C22H25N9O/c23-8-7-15-3-6-17(20(24)27-15)18-19-21(26-13-25-19)30-22(29-18)28-14-1-4-16(5-2-14)31-9-11-32-12-10-31/h1-6,13H,7-12,23H2,(H2,24,27)(H2,25,26,28,29,30). The van der Waals surface area contributed by atoms with Crippen molar-refractivity contribution in [2.24, 2.45) is 5.73 Å². The zero-order valence-corrected chi connectivity index (χ0v) is 17.6. The number of pyridine rings is 1. The van der Waals surface area contributed by atoms with E-state index in [1.54, 1.807) is 6.33 Å². The Morgan fingerprint density at radius 1 is 1.03 bits per heavy atom. The summed E-state index contributed by atoms with van der Waals surface area (Å²) in [5.74, 6) is 0.829. The minimum atomic E-state index is 0.395. The molecule has 0 atom stereocenters. The van der Waals surface area contributed by atoms with Crippen LogP contribution in [0.1, 0.15) is 5.69 Å². The molecule has 0 radical (unpaired) electrons. The van der Waals surface area contributed by atoms with Gasteiger partial charge < -0.3 is 31.4 Å². The van der Waals surface area contributed by atoms with Gasteiger partial charge in [0.2, 0.25) is 5.95 Å². The Bertz CT molecular complexity index is 1220. The summed E-state index contributed by atoms with van der Waals surface area (Å²) < 4.78 is 5.43. The zero-order valence-electron chi connectivity index (χ0n) is 17.6. The molecule has 0 bridgehead atoms. The fraction of sp³-hybridized carbons (Fsp3) is 0.273. The van der Waals surface area contributed by atoms with Gasteiger partial charge in [0.05, 0.1) is 19.5 Å². The first kappa shape index (κ1) is 20.2. The Morgan fingerprint density at radius 3 is 2.59 bits per heavy atom. The second-order valence-corrected chi connectivity index (χ2v) is 7.54. The Morgan fingerprint density at radius 2 is 1.84 bits per heavy atom. The molecule has 0 spiro atoms. The number of anilines is 4. The lowest BCUT2D eigenvalue weighted by atomic mass is 10.1. The molecule has 0 unspecified atom stereocenters. The van der Waals surface area contributed by atoms with Gasteiger partial charge in [0, 0.05) is 42.1 Å². The Labute approximate surface area is 185 Å². The SMILES string of the molecule is NCCc1ccc(-c2nc(Nc3ccc(N4CCOCC4)cc3)nc3nc[nH]c23)c(N)n1. The molecule has 10 nitrogen and oxygen atoms in total. The summed E-state index contributed by atoms with van der Waals surface area (Å²) in [6.07, 6.45) is 2.26. The number of fused-ring (bicyclic) bond motifs is 1. The number of aromatic nitrogens is 5. The van der Waals surface area contributed by atoms with Gasteiger partial charge in [-0.15, -0.1) is 0 Å². The Hall–Kier alpha value is -3.76. The number of imidazole rings is 1. The van der Waals surface area contributed by atoms with Crippen LogP contribution in [0.2, 0.25) is 0 Å². The van der Waals surface area contributed by atoms with Crippen LogP contribution in [0.15, 0.2) is 42.7 Å². The number of rotatable bonds is 6. The molecule has 0 amide bonds. The fourth-order valence-corrected chi connectivity index (χ4v) is 3.79. The summed E-state index contributed by atoms with van der Waals surface area (Å²) in [7, 11) is 0. The molecule has 1 aliphatic rings. The normalized spacial score (nSPS) is 14.1. The van der Waals surface area contributed by atoms with Crippen molar-refractivity contribution in [2.75, 3.05) is 48.8 Å². The molecular weight excluding hydrogens is 406 g/mol. The average Bonchev–Trinajstić information content (AvgIpc) is 3.29. The summed E-state index contributed by atoms with van der Waals surface area (Å²) in [4.78, 5) is 23.5. The van der Waals surface area contributed by atoms with Crippen molar-refractivity contribution in [1.82, 2.24) is 24.9 Å². The number of hydrogen-bond donors (Lipinski definition) is 4. The molecule has 1 fully saturated rings. The highest BCUT2D eigenvalue weighted by atomic mass is 16.5. The number of ether oxygens (including phenoxy) is 1. The summed E-state index contributed by atoms with van der Waals surface area (Å²) in [5, 5.41) is 3.28. The fourth-order valence-electron chi connectivity index (χ4n) is 3.79. The van der Waals surface area contributed by atoms with E-state index in [-0.39, 0.29) is 0 Å². The van der Waals surface area contributed by atoms with Gasteiger partial charge >= 0.3 is 0 Å². The topological polar surface area (TPSA) is 144 Å². The number of nitrogens with one attached hydrogen (secondary N) is 2. The predicted octanol–water partition coefficient (Wildman–Crippen LogP) is 2.08. The molecule has 1 aromatic carbocycles. The molecule has 32 heavy (non-hydrogen) atoms. The van der Waals surface area contributed by atoms with E-state index in [1.165, 1.54) is 5.69 Å². The van der Waals surface area contributed by atoms with E-state index in [2.05, 4.69) is 42.3 Å². The highest BCUT2D eigenvalue weighted by Gasteiger charge is 2.16. The summed E-state index contributed by atoms with van der Waals surface area (Å²) in [6, 6.07) is 12.0. The van der Waals surface area contributed by atoms with Gasteiger partial charge in [-0.1, -0.05) is 0 Å². The van der Waals surface area contributed by atoms with Crippen LogP contribution in [-0.2, 0) is 11.2 Å². The Kier molecular flexibility index (Phi) is 5.53. The van der Waals surface area contributed by atoms with Crippen molar-refractivity contribution >= 4 is 34.3 Å². The van der Waals surface area contributed by atoms with Gasteiger partial charge in [0.25, 0.3) is 0 Å². The van der Waals surface area contributed by atoms with Crippen molar-refractivity contribution in [3.63, 3.8) is 0 Å². The van der Waals surface area contributed by atoms with Crippen LogP contribution in [0.3, 0.4) is 0 Å². The first-order valence-corrected chi connectivity index (χ1v) is 10.6. The predicted molar refractivity (Wildman–Crippen MR) is 125 cm³/mol. The number of benzene rings is 1. The monoisotopic (exact) mass is 431 g/mol. The maximum absolute atomic E-state index is 6.25. The van der Waals surface area contributed by atoms with Crippen molar-refractivity contribution in [2.45, 2.75) is 6.42 Å². The van der Waals surface area contributed by atoms with Gasteiger partial charge in [-0.25, -0.2) is 15.0 Å². The smallest absolute Gasteiger partial charge is 0.229 e. The van der Waals surface area contributed by atoms with E-state index >= 15 is 0 Å². The average molecular weight is 432 g/mol. The van der Waals surface area contributed by atoms with Gasteiger partial charge in [-0.2, -0.15) is 4.98 Å². The van der Waals surface area contributed by atoms with E-state index in [9.17, 15) is 0 Å². The molecule has 4 aromatic rings. The lowest BCUT2D eigenvalue weighted by molar-refractivity contribution is 0.122. The van der Waals surface area contributed by atoms with Crippen LogP contribution in [0, 0.1) is 0 Å². The molecule has 4 heterocycles. The molecule has 164 valence electrons. The third-order valence-electron chi connectivity index (χ3n) is 5.42. The second kappa shape index (κ2) is 8.77. The summed E-state index contributed by atoms with van der Waals surface area (Å²) >= 11 is 0. The third kappa shape index (κ3) is 4.05. The molecule has 5 rings (SSSR count). The highest BCUT2D eigenvalue weighted by Crippen LogP contribution is 2.30. The molecule has 0 saturated carbocycles. The van der Waals surface area contributed by atoms with E-state index in [0.717, 1.165) is 37.7 Å². The molecule has 10 heteroatoms. The molecule has 0 aliphatic carbocycles. The number of nitrogens with two attached hydrogens (primary N) is 2. The van der Waals surface area contributed by atoms with Gasteiger partial charge in [-0.3, -0.25) is 0 Å². The number of H-pyrrole nitrogens is 1. The third-order valence-corrected chi connectivity index (χ3v) is 5.42. The zero-order chi connectivity index (χ0) is 21.9. The number of aromatic amines is 1. The van der Waals surface area contributed by atoms with E-state index in [0.29, 0.717) is 47.2 Å². The van der Waals surface area contributed by atoms with Crippen molar-refractivity contribution in [3.8, 4) is 11.3 Å². The quantitative estimate of drug-likeness (QED) is 0.360. The van der Waals surface area contributed by atoms with E-state index < -0.39 is 0 Å². The van der Waals surface area contributed by atoms with Crippen LogP contribution in [0.25, 0.3) is 22.4 Å². The molecule has 1 saturated heterocycles.